The molecule has 0 spiro atoms. The van der Waals surface area contributed by atoms with E-state index < -0.39 is 0 Å². The van der Waals surface area contributed by atoms with Gasteiger partial charge in [0.2, 0.25) is 17.6 Å². The van der Waals surface area contributed by atoms with Crippen LogP contribution in [0.1, 0.15) is 47.0 Å². The summed E-state index contributed by atoms with van der Waals surface area (Å²) in [4.78, 5) is 18.9. The number of carbonyl (C=O) groups excluding carboxylic acids is 1. The summed E-state index contributed by atoms with van der Waals surface area (Å²) in [5.41, 5.74) is 5.54. The number of rotatable bonds is 4. The van der Waals surface area contributed by atoms with Gasteiger partial charge in [-0.25, -0.2) is 0 Å². The average molecular weight is 361 g/mol. The van der Waals surface area contributed by atoms with Crippen molar-refractivity contribution in [3.05, 3.63) is 70.6 Å². The van der Waals surface area contributed by atoms with E-state index in [0.29, 0.717) is 31.1 Å². The molecule has 2 aromatic carbocycles. The molecule has 2 heterocycles. The van der Waals surface area contributed by atoms with E-state index in [-0.39, 0.29) is 11.9 Å². The Hall–Kier alpha value is -2.95. The van der Waals surface area contributed by atoms with Gasteiger partial charge in [-0.2, -0.15) is 4.98 Å². The molecule has 27 heavy (non-hydrogen) atoms. The van der Waals surface area contributed by atoms with E-state index in [0.717, 1.165) is 22.3 Å². The van der Waals surface area contributed by atoms with Crippen LogP contribution in [-0.2, 0) is 11.3 Å². The number of aromatic nitrogens is 2. The van der Waals surface area contributed by atoms with Crippen LogP contribution in [0.5, 0.6) is 0 Å². The molecule has 1 unspecified atom stereocenters. The molecule has 1 fully saturated rings. The smallest absolute Gasteiger partial charge is 0.249 e. The normalized spacial score (nSPS) is 16.9. The van der Waals surface area contributed by atoms with Crippen molar-refractivity contribution in [1.29, 1.82) is 0 Å². The van der Waals surface area contributed by atoms with Crippen LogP contribution >= 0.6 is 0 Å². The first-order valence-electron chi connectivity index (χ1n) is 9.27. The number of benzene rings is 2. The number of nitrogens with zero attached hydrogens (tertiary/aromatic N) is 3. The van der Waals surface area contributed by atoms with Gasteiger partial charge in [-0.05, 0) is 44.4 Å². The van der Waals surface area contributed by atoms with Crippen molar-refractivity contribution in [3.63, 3.8) is 0 Å². The van der Waals surface area contributed by atoms with Crippen LogP contribution in [0, 0.1) is 20.8 Å². The molecule has 3 aromatic rings. The summed E-state index contributed by atoms with van der Waals surface area (Å²) in [5, 5.41) is 4.19. The Balaban J connectivity index is 1.60. The zero-order valence-corrected chi connectivity index (χ0v) is 15.9. The third-order valence-electron chi connectivity index (χ3n) is 5.16. The lowest BCUT2D eigenvalue weighted by Crippen LogP contribution is -2.27. The Kier molecular flexibility index (Phi) is 4.52. The minimum Gasteiger partial charge on any atom is -0.337 e. The minimum absolute atomic E-state index is 0.132. The number of hydrogen-bond donors (Lipinski definition) is 0. The maximum absolute atomic E-state index is 12.4. The van der Waals surface area contributed by atoms with Crippen molar-refractivity contribution < 1.29 is 9.32 Å². The van der Waals surface area contributed by atoms with Crippen LogP contribution in [-0.4, -0.2) is 20.9 Å². The summed E-state index contributed by atoms with van der Waals surface area (Å²) < 4.78 is 5.58. The number of aryl methyl sites for hydroxylation is 3. The first-order valence-corrected chi connectivity index (χ1v) is 9.27. The second kappa shape index (κ2) is 6.99. The van der Waals surface area contributed by atoms with Crippen molar-refractivity contribution in [2.45, 2.75) is 46.2 Å². The fourth-order valence-electron chi connectivity index (χ4n) is 3.54. The van der Waals surface area contributed by atoms with E-state index in [2.05, 4.69) is 59.5 Å². The quantitative estimate of drug-likeness (QED) is 0.685. The van der Waals surface area contributed by atoms with Crippen molar-refractivity contribution in [2.75, 3.05) is 0 Å². The molecule has 0 radical (unpaired) electrons. The van der Waals surface area contributed by atoms with Crippen LogP contribution in [0.2, 0.25) is 0 Å². The van der Waals surface area contributed by atoms with Gasteiger partial charge in [0.05, 0.1) is 0 Å². The van der Waals surface area contributed by atoms with Gasteiger partial charge in [-0.3, -0.25) is 4.79 Å². The Labute approximate surface area is 159 Å². The molecular formula is C22H23N3O2. The fourth-order valence-corrected chi connectivity index (χ4v) is 3.54. The zero-order valence-electron chi connectivity index (χ0n) is 15.9. The first-order chi connectivity index (χ1) is 13.0. The second-order valence-electron chi connectivity index (χ2n) is 7.34. The summed E-state index contributed by atoms with van der Waals surface area (Å²) >= 11 is 0. The Morgan fingerprint density at radius 1 is 1.07 bits per heavy atom. The summed E-state index contributed by atoms with van der Waals surface area (Å²) in [5.74, 6) is 1.23. The van der Waals surface area contributed by atoms with Crippen molar-refractivity contribution >= 4 is 5.91 Å². The predicted octanol–water partition coefficient (Wildman–Crippen LogP) is 4.53. The predicted molar refractivity (Wildman–Crippen MR) is 103 cm³/mol. The summed E-state index contributed by atoms with van der Waals surface area (Å²) in [6.07, 6.45) is 1.22. The van der Waals surface area contributed by atoms with Crippen LogP contribution in [0.15, 0.2) is 47.0 Å². The highest BCUT2D eigenvalue weighted by Gasteiger charge is 2.36. The van der Waals surface area contributed by atoms with Gasteiger partial charge < -0.3 is 9.42 Å². The number of amides is 1. The number of carbonyl (C=O) groups is 1. The van der Waals surface area contributed by atoms with Crippen LogP contribution in [0.4, 0.5) is 0 Å². The molecule has 138 valence electrons. The molecule has 5 heteroatoms. The second-order valence-corrected chi connectivity index (χ2v) is 7.34. The average Bonchev–Trinajstić information content (AvgIpc) is 3.26. The molecule has 1 aliphatic rings. The Morgan fingerprint density at radius 2 is 1.81 bits per heavy atom. The molecule has 1 aromatic heterocycles. The maximum Gasteiger partial charge on any atom is 0.249 e. The van der Waals surface area contributed by atoms with Crippen molar-refractivity contribution in [2.24, 2.45) is 0 Å². The van der Waals surface area contributed by atoms with E-state index in [9.17, 15) is 4.79 Å². The van der Waals surface area contributed by atoms with E-state index in [4.69, 9.17) is 4.52 Å². The molecule has 1 amide bonds. The molecule has 5 nitrogen and oxygen atoms in total. The molecular weight excluding hydrogens is 338 g/mol. The molecule has 0 bridgehead atoms. The number of hydrogen-bond acceptors (Lipinski definition) is 4. The molecule has 4 rings (SSSR count). The first kappa shape index (κ1) is 17.5. The monoisotopic (exact) mass is 361 g/mol. The van der Waals surface area contributed by atoms with Crippen molar-refractivity contribution in [3.8, 4) is 11.4 Å². The Bertz CT molecular complexity index is 975. The topological polar surface area (TPSA) is 59.2 Å². The van der Waals surface area contributed by atoms with Gasteiger partial charge in [0.1, 0.15) is 6.04 Å². The van der Waals surface area contributed by atoms with Gasteiger partial charge >= 0.3 is 0 Å². The molecule has 0 aliphatic carbocycles. The molecule has 0 N–H and O–H groups in total. The largest absolute Gasteiger partial charge is 0.337 e. The van der Waals surface area contributed by atoms with E-state index in [1.807, 2.05) is 18.7 Å². The SMILES string of the molecule is Cc1ccc(CN2C(=O)CCC2c2nc(-c3cc(C)ccc3C)no2)cc1. The summed E-state index contributed by atoms with van der Waals surface area (Å²) in [6.45, 7) is 6.70. The lowest BCUT2D eigenvalue weighted by molar-refractivity contribution is -0.129. The lowest BCUT2D eigenvalue weighted by Gasteiger charge is -2.22. The fraction of sp³-hybridized carbons (Fsp3) is 0.318. The summed E-state index contributed by atoms with van der Waals surface area (Å²) in [6, 6.07) is 14.3. The third-order valence-corrected chi connectivity index (χ3v) is 5.16. The van der Waals surface area contributed by atoms with E-state index in [1.165, 1.54) is 5.56 Å². The van der Waals surface area contributed by atoms with Gasteiger partial charge in [0, 0.05) is 18.5 Å². The summed E-state index contributed by atoms with van der Waals surface area (Å²) in [7, 11) is 0. The highest BCUT2D eigenvalue weighted by Crippen LogP contribution is 2.34. The number of likely N-dealkylation sites (tertiary alicyclic amines) is 1. The van der Waals surface area contributed by atoms with Crippen LogP contribution in [0.3, 0.4) is 0 Å². The van der Waals surface area contributed by atoms with Crippen molar-refractivity contribution in [1.82, 2.24) is 15.0 Å². The third kappa shape index (κ3) is 3.50. The van der Waals surface area contributed by atoms with Gasteiger partial charge in [0.25, 0.3) is 0 Å². The standard InChI is InChI=1S/C22H23N3O2/c1-14-5-8-17(9-6-14)13-25-19(10-11-20(25)26)22-23-21(24-27-22)18-12-15(2)4-7-16(18)3/h4-9,12,19H,10-11,13H2,1-3H3. The Morgan fingerprint density at radius 3 is 2.59 bits per heavy atom. The minimum atomic E-state index is -0.162. The van der Waals surface area contributed by atoms with Gasteiger partial charge in [0.15, 0.2) is 0 Å². The lowest BCUT2D eigenvalue weighted by atomic mass is 10.1. The molecule has 1 aliphatic heterocycles. The van der Waals surface area contributed by atoms with Gasteiger partial charge in [-0.1, -0.05) is 52.7 Å². The zero-order chi connectivity index (χ0) is 19.0. The van der Waals surface area contributed by atoms with Crippen LogP contribution < -0.4 is 0 Å². The van der Waals surface area contributed by atoms with Crippen LogP contribution in [0.25, 0.3) is 11.4 Å². The highest BCUT2D eigenvalue weighted by atomic mass is 16.5. The van der Waals surface area contributed by atoms with E-state index in [1.54, 1.807) is 0 Å². The molecule has 0 saturated carbocycles. The maximum atomic E-state index is 12.4. The van der Waals surface area contributed by atoms with E-state index >= 15 is 0 Å². The van der Waals surface area contributed by atoms with Gasteiger partial charge in [-0.15, -0.1) is 0 Å². The highest BCUT2D eigenvalue weighted by molar-refractivity contribution is 5.78. The molecule has 1 saturated heterocycles. The molecule has 1 atom stereocenters.